The summed E-state index contributed by atoms with van der Waals surface area (Å²) in [5.41, 5.74) is 3.00. The Morgan fingerprint density at radius 1 is 1.03 bits per heavy atom. The number of carbonyl (C=O) groups is 3. The van der Waals surface area contributed by atoms with Gasteiger partial charge in [0.2, 0.25) is 0 Å². The van der Waals surface area contributed by atoms with Crippen molar-refractivity contribution in [2.24, 2.45) is 0 Å². The molecule has 1 aliphatic heterocycles. The van der Waals surface area contributed by atoms with Crippen molar-refractivity contribution in [3.05, 3.63) is 51.4 Å². The van der Waals surface area contributed by atoms with E-state index >= 15 is 0 Å². The molecule has 0 spiro atoms. The number of carbonyl (C=O) groups excluding carboxylic acids is 3. The highest BCUT2D eigenvalue weighted by atomic mass is 32.2. The first-order valence-corrected chi connectivity index (χ1v) is 13.1. The van der Waals surface area contributed by atoms with Crippen molar-refractivity contribution >= 4 is 57.7 Å². The maximum Gasteiger partial charge on any atom is 0.341 e. The van der Waals surface area contributed by atoms with Crippen LogP contribution in [-0.4, -0.2) is 42.6 Å². The molecular weight excluding hydrogens is 454 g/mol. The number of nitrogens with one attached hydrogen (secondary N) is 1. The van der Waals surface area contributed by atoms with Crippen LogP contribution in [0.3, 0.4) is 0 Å². The highest BCUT2D eigenvalue weighted by molar-refractivity contribution is 8.19. The quantitative estimate of drug-likeness (QED) is 0.580. The van der Waals surface area contributed by atoms with Gasteiger partial charge >= 0.3 is 11.9 Å². The lowest BCUT2D eigenvalue weighted by Gasteiger charge is -2.10. The number of thioether (sulfide) groups is 2. The fourth-order valence-corrected chi connectivity index (χ4v) is 7.77. The van der Waals surface area contributed by atoms with Crippen LogP contribution >= 0.6 is 34.9 Å². The zero-order valence-electron chi connectivity index (χ0n) is 17.1. The number of ether oxygens (including phenoxy) is 2. The molecule has 1 N–H and O–H groups in total. The Kier molecular flexibility index (Phi) is 7.24. The summed E-state index contributed by atoms with van der Waals surface area (Å²) in [5, 5.41) is 3.20. The third kappa shape index (κ3) is 5.10. The number of benzene rings is 1. The Balaban J connectivity index is 1.35. The largest absolute Gasteiger partial charge is 0.462 e. The summed E-state index contributed by atoms with van der Waals surface area (Å²) in [6.07, 6.45) is 2.69. The first-order valence-electron chi connectivity index (χ1n) is 10.2. The fourth-order valence-electron chi connectivity index (χ4n) is 3.62. The van der Waals surface area contributed by atoms with Crippen LogP contribution in [-0.2, 0) is 27.1 Å². The van der Waals surface area contributed by atoms with E-state index in [-0.39, 0.29) is 6.61 Å². The SMILES string of the molecule is CCOC(=O)c1c(NC(=O)COC(=O)c2ccc(C3SCCS3)cc2)sc2c1CCC2. The molecule has 4 rings (SSSR count). The standard InChI is InChI=1S/C22H23NO5S3/c1-2-27-21(26)18-15-4-3-5-16(15)31-19(18)23-17(24)12-28-20(25)13-6-8-14(9-7-13)22-29-10-11-30-22/h6-9,22H,2-5,10-12H2,1H3,(H,23,24). The average molecular weight is 478 g/mol. The lowest BCUT2D eigenvalue weighted by atomic mass is 10.1. The molecule has 31 heavy (non-hydrogen) atoms. The average Bonchev–Trinajstić information content (AvgIpc) is 3.50. The monoisotopic (exact) mass is 477 g/mol. The van der Waals surface area contributed by atoms with Gasteiger partial charge in [0.05, 0.1) is 22.3 Å². The van der Waals surface area contributed by atoms with Crippen LogP contribution in [0.25, 0.3) is 0 Å². The van der Waals surface area contributed by atoms with Gasteiger partial charge in [0.25, 0.3) is 5.91 Å². The van der Waals surface area contributed by atoms with Crippen molar-refractivity contribution in [3.8, 4) is 0 Å². The van der Waals surface area contributed by atoms with E-state index in [0.29, 0.717) is 20.7 Å². The Hall–Kier alpha value is -1.97. The first-order chi connectivity index (χ1) is 15.1. The number of amides is 1. The topological polar surface area (TPSA) is 81.7 Å². The predicted molar refractivity (Wildman–Crippen MR) is 125 cm³/mol. The first kappa shape index (κ1) is 22.2. The number of anilines is 1. The molecule has 2 aromatic rings. The molecule has 0 radical (unpaired) electrons. The number of thiophene rings is 1. The van der Waals surface area contributed by atoms with Crippen molar-refractivity contribution in [1.29, 1.82) is 0 Å². The minimum atomic E-state index is -0.548. The predicted octanol–water partition coefficient (Wildman–Crippen LogP) is 4.69. The summed E-state index contributed by atoms with van der Waals surface area (Å²) < 4.78 is 10.8. The third-order valence-electron chi connectivity index (χ3n) is 5.03. The summed E-state index contributed by atoms with van der Waals surface area (Å²) in [6.45, 7) is 1.60. The Bertz CT molecular complexity index is 980. The van der Waals surface area contributed by atoms with Crippen LogP contribution in [0.4, 0.5) is 5.00 Å². The number of fused-ring (bicyclic) bond motifs is 1. The smallest absolute Gasteiger partial charge is 0.341 e. The van der Waals surface area contributed by atoms with E-state index in [2.05, 4.69) is 5.32 Å². The fraction of sp³-hybridized carbons (Fsp3) is 0.409. The van der Waals surface area contributed by atoms with Crippen molar-refractivity contribution in [2.75, 3.05) is 30.0 Å². The number of hydrogen-bond donors (Lipinski definition) is 1. The van der Waals surface area contributed by atoms with Crippen LogP contribution < -0.4 is 5.32 Å². The van der Waals surface area contributed by atoms with Gasteiger partial charge in [-0.25, -0.2) is 9.59 Å². The Labute approximate surface area is 193 Å². The molecule has 0 atom stereocenters. The maximum absolute atomic E-state index is 12.4. The second-order valence-corrected chi connectivity index (χ2v) is 10.9. The zero-order chi connectivity index (χ0) is 21.8. The van der Waals surface area contributed by atoms with E-state index in [4.69, 9.17) is 9.47 Å². The lowest BCUT2D eigenvalue weighted by molar-refractivity contribution is -0.119. The van der Waals surface area contributed by atoms with Crippen LogP contribution in [0.1, 0.15) is 54.6 Å². The molecule has 0 bridgehead atoms. The van der Waals surface area contributed by atoms with Crippen molar-refractivity contribution < 1.29 is 23.9 Å². The lowest BCUT2D eigenvalue weighted by Crippen LogP contribution is -2.22. The van der Waals surface area contributed by atoms with E-state index < -0.39 is 24.5 Å². The molecule has 1 aromatic carbocycles. The van der Waals surface area contributed by atoms with Gasteiger partial charge < -0.3 is 14.8 Å². The second-order valence-electron chi connectivity index (χ2n) is 7.10. The van der Waals surface area contributed by atoms with Crippen molar-refractivity contribution in [1.82, 2.24) is 0 Å². The van der Waals surface area contributed by atoms with Gasteiger partial charge in [-0.2, -0.15) is 0 Å². The number of rotatable bonds is 7. The van der Waals surface area contributed by atoms with Gasteiger partial charge in [-0.15, -0.1) is 34.9 Å². The Morgan fingerprint density at radius 2 is 1.77 bits per heavy atom. The summed E-state index contributed by atoms with van der Waals surface area (Å²) >= 11 is 5.20. The van der Waals surface area contributed by atoms with Crippen molar-refractivity contribution in [2.45, 2.75) is 30.8 Å². The number of hydrogen-bond acceptors (Lipinski definition) is 8. The molecule has 0 saturated carbocycles. The Morgan fingerprint density at radius 3 is 2.48 bits per heavy atom. The molecule has 1 aromatic heterocycles. The second kappa shape index (κ2) is 10.1. The van der Waals surface area contributed by atoms with Gasteiger partial charge in [0, 0.05) is 16.4 Å². The van der Waals surface area contributed by atoms with E-state index in [1.807, 2.05) is 35.7 Å². The molecule has 1 saturated heterocycles. The molecule has 1 aliphatic carbocycles. The van der Waals surface area contributed by atoms with E-state index in [1.165, 1.54) is 16.9 Å². The summed E-state index contributed by atoms with van der Waals surface area (Å²) in [5.74, 6) is 0.827. The molecular formula is C22H23NO5S3. The molecule has 0 unspecified atom stereocenters. The normalized spacial score (nSPS) is 15.5. The summed E-state index contributed by atoms with van der Waals surface area (Å²) in [4.78, 5) is 38.2. The van der Waals surface area contributed by atoms with Gasteiger partial charge in [0.15, 0.2) is 6.61 Å². The van der Waals surface area contributed by atoms with Crippen LogP contribution in [0.2, 0.25) is 0 Å². The molecule has 1 fully saturated rings. The maximum atomic E-state index is 12.4. The minimum absolute atomic E-state index is 0.269. The molecule has 1 amide bonds. The van der Waals surface area contributed by atoms with Crippen LogP contribution in [0.15, 0.2) is 24.3 Å². The van der Waals surface area contributed by atoms with Gasteiger partial charge in [-0.1, -0.05) is 12.1 Å². The van der Waals surface area contributed by atoms with Gasteiger partial charge in [-0.05, 0) is 49.4 Å². The van der Waals surface area contributed by atoms with E-state index in [9.17, 15) is 14.4 Å². The summed E-state index contributed by atoms with van der Waals surface area (Å²) in [7, 11) is 0. The molecule has 2 aliphatic rings. The van der Waals surface area contributed by atoms with Crippen LogP contribution in [0, 0.1) is 0 Å². The highest BCUT2D eigenvalue weighted by Crippen LogP contribution is 2.45. The van der Waals surface area contributed by atoms with Gasteiger partial charge in [-0.3, -0.25) is 4.79 Å². The molecule has 2 heterocycles. The minimum Gasteiger partial charge on any atom is -0.462 e. The zero-order valence-corrected chi connectivity index (χ0v) is 19.6. The third-order valence-corrected chi connectivity index (χ3v) is 9.34. The van der Waals surface area contributed by atoms with Gasteiger partial charge in [0.1, 0.15) is 5.00 Å². The molecule has 164 valence electrons. The van der Waals surface area contributed by atoms with E-state index in [1.54, 1.807) is 19.1 Å². The number of esters is 2. The van der Waals surface area contributed by atoms with Crippen LogP contribution in [0.5, 0.6) is 0 Å². The molecule has 6 nitrogen and oxygen atoms in total. The van der Waals surface area contributed by atoms with E-state index in [0.717, 1.165) is 41.2 Å². The summed E-state index contributed by atoms with van der Waals surface area (Å²) in [6, 6.07) is 7.34. The highest BCUT2D eigenvalue weighted by Gasteiger charge is 2.28. The number of aryl methyl sites for hydroxylation is 1. The molecule has 9 heteroatoms. The van der Waals surface area contributed by atoms with Crippen molar-refractivity contribution in [3.63, 3.8) is 0 Å².